The molecule has 0 aliphatic heterocycles. The third-order valence-corrected chi connectivity index (χ3v) is 4.19. The predicted molar refractivity (Wildman–Crippen MR) is 88.0 cm³/mol. The minimum Gasteiger partial charge on any atom is -0.349 e. The lowest BCUT2D eigenvalue weighted by molar-refractivity contribution is -0.119. The molecule has 1 atom stereocenters. The van der Waals surface area contributed by atoms with E-state index in [9.17, 15) is 9.59 Å². The smallest absolute Gasteiger partial charge is 0.346 e. The van der Waals surface area contributed by atoms with E-state index < -0.39 is 5.69 Å². The second kappa shape index (κ2) is 7.61. The van der Waals surface area contributed by atoms with Crippen LogP contribution in [-0.4, -0.2) is 21.6 Å². The predicted octanol–water partition coefficient (Wildman–Crippen LogP) is 1.92. The molecule has 0 radical (unpaired) electrons. The van der Waals surface area contributed by atoms with E-state index in [1.165, 1.54) is 0 Å². The Labute approximate surface area is 138 Å². The number of H-pyrrole nitrogens is 1. The zero-order chi connectivity index (χ0) is 16.8. The molecule has 2 N–H and O–H groups in total. The van der Waals surface area contributed by atoms with Crippen molar-refractivity contribution >= 4 is 17.7 Å². The van der Waals surface area contributed by atoms with Gasteiger partial charge in [0.15, 0.2) is 0 Å². The van der Waals surface area contributed by atoms with Gasteiger partial charge in [0.2, 0.25) is 5.91 Å². The maximum Gasteiger partial charge on any atom is 0.346 e. The average Bonchev–Trinajstić information content (AvgIpc) is 2.53. The van der Waals surface area contributed by atoms with Crippen LogP contribution in [0.25, 0.3) is 0 Å². The summed E-state index contributed by atoms with van der Waals surface area (Å²) >= 11 is 1.08. The highest BCUT2D eigenvalue weighted by Crippen LogP contribution is 2.20. The van der Waals surface area contributed by atoms with Gasteiger partial charge in [-0.2, -0.15) is 10.2 Å². The number of nitrogens with one attached hydrogen (secondary N) is 2. The first-order chi connectivity index (χ1) is 11.0. The largest absolute Gasteiger partial charge is 0.349 e. The van der Waals surface area contributed by atoms with Gasteiger partial charge in [-0.15, -0.1) is 0 Å². The summed E-state index contributed by atoms with van der Waals surface area (Å²) in [7, 11) is 0. The number of carbonyl (C=O) groups is 1. The number of nitriles is 1. The van der Waals surface area contributed by atoms with Crippen molar-refractivity contribution in [2.45, 2.75) is 24.9 Å². The lowest BCUT2D eigenvalue weighted by Gasteiger charge is -2.14. The van der Waals surface area contributed by atoms with Crippen LogP contribution in [0.2, 0.25) is 0 Å². The summed E-state index contributed by atoms with van der Waals surface area (Å²) < 4.78 is 0. The second-order valence-electron chi connectivity index (χ2n) is 4.95. The quantitative estimate of drug-likeness (QED) is 0.645. The summed E-state index contributed by atoms with van der Waals surface area (Å²) in [4.78, 5) is 29.7. The fourth-order valence-corrected chi connectivity index (χ4v) is 2.88. The van der Waals surface area contributed by atoms with Gasteiger partial charge in [0.1, 0.15) is 16.7 Å². The maximum absolute atomic E-state index is 12.0. The summed E-state index contributed by atoms with van der Waals surface area (Å²) in [6, 6.07) is 11.5. The number of amides is 1. The van der Waals surface area contributed by atoms with E-state index in [1.54, 1.807) is 6.92 Å². The second-order valence-corrected chi connectivity index (χ2v) is 5.91. The van der Waals surface area contributed by atoms with Crippen LogP contribution >= 0.6 is 11.8 Å². The maximum atomic E-state index is 12.0. The van der Waals surface area contributed by atoms with E-state index in [4.69, 9.17) is 5.26 Å². The summed E-state index contributed by atoms with van der Waals surface area (Å²) in [5.74, 6) is -0.100. The highest BCUT2D eigenvalue weighted by Gasteiger charge is 2.14. The molecule has 1 heterocycles. The van der Waals surface area contributed by atoms with Crippen molar-refractivity contribution in [3.8, 4) is 6.07 Å². The van der Waals surface area contributed by atoms with Gasteiger partial charge >= 0.3 is 5.69 Å². The molecule has 0 aliphatic rings. The molecule has 0 spiro atoms. The SMILES string of the molecule is Cc1[nH]c(=O)nc(SCC(=O)N[C@@H](C)c2ccccc2)c1C#N. The van der Waals surface area contributed by atoms with E-state index in [2.05, 4.69) is 15.3 Å². The number of aryl methyl sites for hydroxylation is 1. The van der Waals surface area contributed by atoms with Crippen LogP contribution in [0.3, 0.4) is 0 Å². The standard InChI is InChI=1S/C16H16N4O2S/c1-10(12-6-4-3-5-7-12)18-14(21)9-23-15-13(8-17)11(2)19-16(22)20-15/h3-7,10H,9H2,1-2H3,(H,18,21)(H,19,20,22)/t10-/m0/s1. The van der Waals surface area contributed by atoms with Gasteiger partial charge < -0.3 is 10.3 Å². The number of rotatable bonds is 5. The van der Waals surface area contributed by atoms with Crippen molar-refractivity contribution in [1.29, 1.82) is 5.26 Å². The number of hydrogen-bond donors (Lipinski definition) is 2. The Morgan fingerprint density at radius 2 is 2.13 bits per heavy atom. The number of aromatic amines is 1. The zero-order valence-electron chi connectivity index (χ0n) is 12.8. The van der Waals surface area contributed by atoms with Crippen molar-refractivity contribution in [3.63, 3.8) is 0 Å². The number of nitrogens with zero attached hydrogens (tertiary/aromatic N) is 2. The Morgan fingerprint density at radius 1 is 1.43 bits per heavy atom. The summed E-state index contributed by atoms with van der Waals surface area (Å²) in [5, 5.41) is 12.3. The minimum absolute atomic E-state index is 0.0851. The van der Waals surface area contributed by atoms with E-state index in [0.29, 0.717) is 11.3 Å². The normalized spacial score (nSPS) is 11.5. The van der Waals surface area contributed by atoms with Crippen LogP contribution in [0.5, 0.6) is 0 Å². The van der Waals surface area contributed by atoms with Gasteiger partial charge in [-0.05, 0) is 19.4 Å². The summed E-state index contributed by atoms with van der Waals surface area (Å²) in [5.41, 5.74) is 1.22. The molecule has 2 aromatic rings. The van der Waals surface area contributed by atoms with Gasteiger partial charge in [0.25, 0.3) is 0 Å². The Bertz CT molecular complexity index is 796. The Balaban J connectivity index is 2.00. The van der Waals surface area contributed by atoms with Crippen LogP contribution in [0.15, 0.2) is 40.2 Å². The summed E-state index contributed by atoms with van der Waals surface area (Å²) in [6.07, 6.45) is 0. The van der Waals surface area contributed by atoms with E-state index >= 15 is 0 Å². The lowest BCUT2D eigenvalue weighted by Crippen LogP contribution is -2.28. The third kappa shape index (κ3) is 4.44. The van der Waals surface area contributed by atoms with Crippen molar-refractivity contribution in [2.24, 2.45) is 0 Å². The molecule has 6 nitrogen and oxygen atoms in total. The molecule has 0 unspecified atom stereocenters. The molecule has 1 amide bonds. The topological polar surface area (TPSA) is 98.6 Å². The Hall–Kier alpha value is -2.59. The number of carbonyl (C=O) groups excluding carboxylic acids is 1. The van der Waals surface area contributed by atoms with Crippen molar-refractivity contribution < 1.29 is 4.79 Å². The molecule has 0 aliphatic carbocycles. The fourth-order valence-electron chi connectivity index (χ4n) is 2.04. The molecule has 2 rings (SSSR count). The first kappa shape index (κ1) is 16.8. The van der Waals surface area contributed by atoms with Crippen molar-refractivity contribution in [2.75, 3.05) is 5.75 Å². The van der Waals surface area contributed by atoms with E-state index in [-0.39, 0.29) is 22.7 Å². The molecule has 118 valence electrons. The van der Waals surface area contributed by atoms with Crippen LogP contribution in [-0.2, 0) is 4.79 Å². The van der Waals surface area contributed by atoms with Crippen molar-refractivity contribution in [1.82, 2.24) is 15.3 Å². The van der Waals surface area contributed by atoms with Crippen LogP contribution in [0.4, 0.5) is 0 Å². The molecule has 0 saturated heterocycles. The zero-order valence-corrected chi connectivity index (χ0v) is 13.6. The van der Waals surface area contributed by atoms with Crippen LogP contribution in [0.1, 0.15) is 29.8 Å². The van der Waals surface area contributed by atoms with Gasteiger partial charge in [-0.1, -0.05) is 42.1 Å². The third-order valence-electron chi connectivity index (χ3n) is 3.22. The fraction of sp³-hybridized carbons (Fsp3) is 0.250. The first-order valence-electron chi connectivity index (χ1n) is 6.99. The van der Waals surface area contributed by atoms with E-state index in [0.717, 1.165) is 17.3 Å². The van der Waals surface area contributed by atoms with Gasteiger partial charge in [-0.3, -0.25) is 4.79 Å². The monoisotopic (exact) mass is 328 g/mol. The van der Waals surface area contributed by atoms with E-state index in [1.807, 2.05) is 43.3 Å². The molecule has 23 heavy (non-hydrogen) atoms. The molecular formula is C16H16N4O2S. The average molecular weight is 328 g/mol. The molecule has 0 saturated carbocycles. The molecule has 1 aromatic heterocycles. The van der Waals surface area contributed by atoms with Crippen LogP contribution in [0, 0.1) is 18.3 Å². The Kier molecular flexibility index (Phi) is 5.55. The number of aromatic nitrogens is 2. The summed E-state index contributed by atoms with van der Waals surface area (Å²) in [6.45, 7) is 3.53. The highest BCUT2D eigenvalue weighted by molar-refractivity contribution is 8.00. The minimum atomic E-state index is -0.526. The molecule has 0 bridgehead atoms. The molecular weight excluding hydrogens is 312 g/mol. The lowest BCUT2D eigenvalue weighted by atomic mass is 10.1. The van der Waals surface area contributed by atoms with Gasteiger partial charge in [0.05, 0.1) is 11.8 Å². The van der Waals surface area contributed by atoms with Gasteiger partial charge in [-0.25, -0.2) is 4.79 Å². The van der Waals surface area contributed by atoms with Crippen molar-refractivity contribution in [3.05, 3.63) is 57.6 Å². The van der Waals surface area contributed by atoms with Crippen LogP contribution < -0.4 is 11.0 Å². The number of thioether (sulfide) groups is 1. The Morgan fingerprint density at radius 3 is 2.78 bits per heavy atom. The number of hydrogen-bond acceptors (Lipinski definition) is 5. The molecule has 7 heteroatoms. The number of benzene rings is 1. The molecule has 0 fully saturated rings. The van der Waals surface area contributed by atoms with Gasteiger partial charge in [0, 0.05) is 5.69 Å². The first-order valence-corrected chi connectivity index (χ1v) is 7.98. The molecule has 1 aromatic carbocycles. The highest BCUT2D eigenvalue weighted by atomic mass is 32.2.